The highest BCUT2D eigenvalue weighted by atomic mass is 15.5. The lowest BCUT2D eigenvalue weighted by molar-refractivity contribution is 0.313. The molecule has 1 aliphatic rings. The summed E-state index contributed by atoms with van der Waals surface area (Å²) < 4.78 is 1.88. The highest BCUT2D eigenvalue weighted by molar-refractivity contribution is 5.45. The number of aromatic nitrogens is 6. The van der Waals surface area contributed by atoms with E-state index in [1.54, 1.807) is 0 Å². The van der Waals surface area contributed by atoms with Gasteiger partial charge in [-0.25, -0.2) is 9.67 Å². The standard InChI is InChI=1S/C10H15N7/c1-2-3-9-12-10(15-14-9)8-6-17(16-13-8)7-4-11-5-7/h6-7,11H,2-5H2,1H3,(H,12,14,15). The van der Waals surface area contributed by atoms with Gasteiger partial charge in [0.15, 0.2) is 5.69 Å². The van der Waals surface area contributed by atoms with E-state index < -0.39 is 0 Å². The van der Waals surface area contributed by atoms with E-state index >= 15 is 0 Å². The first-order valence-electron chi connectivity index (χ1n) is 5.91. The van der Waals surface area contributed by atoms with Gasteiger partial charge in [0.25, 0.3) is 0 Å². The summed E-state index contributed by atoms with van der Waals surface area (Å²) in [6.07, 6.45) is 3.87. The second kappa shape index (κ2) is 4.25. The van der Waals surface area contributed by atoms with Crippen molar-refractivity contribution in [2.45, 2.75) is 25.8 Å². The summed E-state index contributed by atoms with van der Waals surface area (Å²) in [5.41, 5.74) is 0.732. The first kappa shape index (κ1) is 10.4. The number of rotatable bonds is 4. The Kier molecular flexibility index (Phi) is 2.60. The predicted molar refractivity (Wildman–Crippen MR) is 61.3 cm³/mol. The second-order valence-electron chi connectivity index (χ2n) is 4.25. The van der Waals surface area contributed by atoms with Gasteiger partial charge >= 0.3 is 0 Å². The zero-order chi connectivity index (χ0) is 11.7. The van der Waals surface area contributed by atoms with Crippen molar-refractivity contribution < 1.29 is 0 Å². The fraction of sp³-hybridized carbons (Fsp3) is 0.600. The van der Waals surface area contributed by atoms with Gasteiger partial charge in [0, 0.05) is 19.5 Å². The number of H-pyrrole nitrogens is 1. The van der Waals surface area contributed by atoms with Gasteiger partial charge in [-0.15, -0.1) is 5.10 Å². The lowest BCUT2D eigenvalue weighted by Crippen LogP contribution is -2.43. The van der Waals surface area contributed by atoms with Gasteiger partial charge in [0.05, 0.1) is 12.2 Å². The normalized spacial score (nSPS) is 16.1. The first-order chi connectivity index (χ1) is 8.36. The van der Waals surface area contributed by atoms with Crippen LogP contribution in [-0.4, -0.2) is 43.3 Å². The fourth-order valence-electron chi connectivity index (χ4n) is 1.78. The largest absolute Gasteiger partial charge is 0.312 e. The van der Waals surface area contributed by atoms with Crippen molar-refractivity contribution in [1.29, 1.82) is 0 Å². The summed E-state index contributed by atoms with van der Waals surface area (Å²) in [7, 11) is 0. The molecule has 2 N–H and O–H groups in total. The maximum absolute atomic E-state index is 4.39. The zero-order valence-corrected chi connectivity index (χ0v) is 9.72. The van der Waals surface area contributed by atoms with E-state index in [4.69, 9.17) is 0 Å². The first-order valence-corrected chi connectivity index (χ1v) is 5.91. The van der Waals surface area contributed by atoms with Crippen molar-refractivity contribution in [2.75, 3.05) is 13.1 Å². The molecule has 90 valence electrons. The van der Waals surface area contributed by atoms with E-state index in [1.165, 1.54) is 0 Å². The molecule has 0 bridgehead atoms. The Bertz CT molecular complexity index is 496. The molecule has 3 rings (SSSR count). The molecule has 0 radical (unpaired) electrons. The van der Waals surface area contributed by atoms with Crippen LogP contribution in [0, 0.1) is 0 Å². The molecule has 2 aromatic rings. The lowest BCUT2D eigenvalue weighted by Gasteiger charge is -2.26. The SMILES string of the molecule is CCCc1nc(-c2cn(C3CNC3)nn2)n[nH]1. The summed E-state index contributed by atoms with van der Waals surface area (Å²) >= 11 is 0. The number of nitrogens with zero attached hydrogens (tertiary/aromatic N) is 5. The molecule has 1 saturated heterocycles. The van der Waals surface area contributed by atoms with Crippen LogP contribution in [0.4, 0.5) is 0 Å². The fourth-order valence-corrected chi connectivity index (χ4v) is 1.78. The van der Waals surface area contributed by atoms with Gasteiger partial charge in [0.1, 0.15) is 5.82 Å². The van der Waals surface area contributed by atoms with E-state index in [1.807, 2.05) is 10.9 Å². The van der Waals surface area contributed by atoms with E-state index in [9.17, 15) is 0 Å². The van der Waals surface area contributed by atoms with E-state index in [0.717, 1.165) is 37.4 Å². The Labute approximate surface area is 98.6 Å². The van der Waals surface area contributed by atoms with Crippen LogP contribution in [0.3, 0.4) is 0 Å². The average molecular weight is 233 g/mol. The summed E-state index contributed by atoms with van der Waals surface area (Å²) in [5.74, 6) is 1.54. The third kappa shape index (κ3) is 1.93. The van der Waals surface area contributed by atoms with Crippen molar-refractivity contribution in [2.24, 2.45) is 0 Å². The molecule has 0 aromatic carbocycles. The molecule has 0 amide bonds. The van der Waals surface area contributed by atoms with Crippen molar-refractivity contribution >= 4 is 0 Å². The van der Waals surface area contributed by atoms with Crippen LogP contribution in [0.2, 0.25) is 0 Å². The average Bonchev–Trinajstić information content (AvgIpc) is 2.84. The smallest absolute Gasteiger partial charge is 0.203 e. The number of nitrogens with one attached hydrogen (secondary N) is 2. The quantitative estimate of drug-likeness (QED) is 0.785. The maximum atomic E-state index is 4.39. The van der Waals surface area contributed by atoms with Crippen LogP contribution in [0.5, 0.6) is 0 Å². The van der Waals surface area contributed by atoms with Gasteiger partial charge in [-0.1, -0.05) is 12.1 Å². The van der Waals surface area contributed by atoms with Crippen molar-refractivity contribution in [3.8, 4) is 11.5 Å². The monoisotopic (exact) mass is 233 g/mol. The number of aromatic amines is 1. The van der Waals surface area contributed by atoms with Crippen molar-refractivity contribution in [3.63, 3.8) is 0 Å². The number of hydrogen-bond acceptors (Lipinski definition) is 5. The molecule has 1 aliphatic heterocycles. The van der Waals surface area contributed by atoms with Crippen LogP contribution in [0.25, 0.3) is 11.5 Å². The molecule has 7 heteroatoms. The summed E-state index contributed by atoms with van der Waals surface area (Å²) in [6.45, 7) is 4.03. The van der Waals surface area contributed by atoms with E-state index in [2.05, 4.69) is 37.7 Å². The van der Waals surface area contributed by atoms with Crippen molar-refractivity contribution in [1.82, 2.24) is 35.5 Å². The minimum absolute atomic E-state index is 0.422. The molecule has 0 atom stereocenters. The minimum Gasteiger partial charge on any atom is -0.312 e. The highest BCUT2D eigenvalue weighted by Gasteiger charge is 2.21. The van der Waals surface area contributed by atoms with Gasteiger partial charge in [-0.3, -0.25) is 5.10 Å². The maximum Gasteiger partial charge on any atom is 0.203 e. The molecule has 1 fully saturated rings. The van der Waals surface area contributed by atoms with Crippen LogP contribution in [0.1, 0.15) is 25.2 Å². The number of hydrogen-bond donors (Lipinski definition) is 2. The molecular formula is C10H15N7. The molecule has 0 aliphatic carbocycles. The van der Waals surface area contributed by atoms with Crippen molar-refractivity contribution in [3.05, 3.63) is 12.0 Å². The molecule has 17 heavy (non-hydrogen) atoms. The molecular weight excluding hydrogens is 218 g/mol. The summed E-state index contributed by atoms with van der Waals surface area (Å²) in [6, 6.07) is 0.422. The number of aryl methyl sites for hydroxylation is 1. The third-order valence-electron chi connectivity index (χ3n) is 2.89. The summed E-state index contributed by atoms with van der Waals surface area (Å²) in [5, 5.41) is 18.5. The van der Waals surface area contributed by atoms with Crippen LogP contribution >= 0.6 is 0 Å². The molecule has 3 heterocycles. The van der Waals surface area contributed by atoms with Gasteiger partial charge in [-0.05, 0) is 6.42 Å². The van der Waals surface area contributed by atoms with Crippen LogP contribution < -0.4 is 5.32 Å². The van der Waals surface area contributed by atoms with Gasteiger partial charge in [-0.2, -0.15) is 5.10 Å². The zero-order valence-electron chi connectivity index (χ0n) is 9.72. The third-order valence-corrected chi connectivity index (χ3v) is 2.89. The Morgan fingerprint density at radius 1 is 1.47 bits per heavy atom. The Morgan fingerprint density at radius 3 is 3.06 bits per heavy atom. The van der Waals surface area contributed by atoms with Gasteiger partial charge < -0.3 is 5.32 Å². The molecule has 2 aromatic heterocycles. The Balaban J connectivity index is 1.79. The highest BCUT2D eigenvalue weighted by Crippen LogP contribution is 2.15. The summed E-state index contributed by atoms with van der Waals surface area (Å²) in [4.78, 5) is 4.39. The van der Waals surface area contributed by atoms with E-state index in [0.29, 0.717) is 11.9 Å². The molecule has 0 saturated carbocycles. The lowest BCUT2D eigenvalue weighted by atomic mass is 10.2. The van der Waals surface area contributed by atoms with E-state index in [-0.39, 0.29) is 0 Å². The molecule has 0 unspecified atom stereocenters. The Morgan fingerprint density at radius 2 is 2.35 bits per heavy atom. The van der Waals surface area contributed by atoms with Crippen LogP contribution in [0.15, 0.2) is 6.20 Å². The molecule has 0 spiro atoms. The second-order valence-corrected chi connectivity index (χ2v) is 4.25. The Hall–Kier alpha value is -1.76. The van der Waals surface area contributed by atoms with Crippen LogP contribution in [-0.2, 0) is 6.42 Å². The van der Waals surface area contributed by atoms with Gasteiger partial charge in [0.2, 0.25) is 5.82 Å². The molecule has 7 nitrogen and oxygen atoms in total. The predicted octanol–water partition coefficient (Wildman–Crippen LogP) is 0.160. The topological polar surface area (TPSA) is 84.3 Å². The minimum atomic E-state index is 0.422.